The largest absolute Gasteiger partial charge is 0.495 e. The number of para-hydroxylation sites is 2. The molecule has 0 radical (unpaired) electrons. The average Bonchev–Trinajstić information content (AvgIpc) is 2.78. The molecule has 1 N–H and O–H groups in total. The average molecular weight is 220 g/mol. The lowest BCUT2D eigenvalue weighted by Crippen LogP contribution is -2.32. The van der Waals surface area contributed by atoms with Gasteiger partial charge in [0.1, 0.15) is 5.75 Å². The molecule has 0 aromatic heterocycles. The van der Waals surface area contributed by atoms with Gasteiger partial charge in [-0.05, 0) is 25.1 Å². The van der Waals surface area contributed by atoms with Crippen LogP contribution in [0.5, 0.6) is 5.75 Å². The molecule has 2 rings (SSSR count). The van der Waals surface area contributed by atoms with Crippen molar-refractivity contribution in [2.75, 3.05) is 31.6 Å². The van der Waals surface area contributed by atoms with E-state index in [2.05, 4.69) is 29.3 Å². The zero-order chi connectivity index (χ0) is 11.4. The molecule has 0 spiro atoms. The van der Waals surface area contributed by atoms with E-state index in [-0.39, 0.29) is 0 Å². The lowest BCUT2D eigenvalue weighted by atomic mass is 10.2. The number of rotatable bonds is 4. The van der Waals surface area contributed by atoms with E-state index in [4.69, 9.17) is 4.74 Å². The number of ether oxygens (including phenoxy) is 1. The van der Waals surface area contributed by atoms with Crippen LogP contribution >= 0.6 is 0 Å². The van der Waals surface area contributed by atoms with E-state index in [1.165, 1.54) is 12.1 Å². The van der Waals surface area contributed by atoms with E-state index in [1.54, 1.807) is 7.11 Å². The fourth-order valence-electron chi connectivity index (χ4n) is 2.33. The Kier molecular flexibility index (Phi) is 3.67. The molecule has 1 unspecified atom stereocenters. The number of benzene rings is 1. The lowest BCUT2D eigenvalue weighted by molar-refractivity contribution is 0.415. The fraction of sp³-hybridized carbons (Fsp3) is 0.538. The molecular weight excluding hydrogens is 200 g/mol. The second-order valence-electron chi connectivity index (χ2n) is 4.16. The van der Waals surface area contributed by atoms with Gasteiger partial charge < -0.3 is 15.0 Å². The van der Waals surface area contributed by atoms with Gasteiger partial charge in [-0.2, -0.15) is 0 Å². The zero-order valence-electron chi connectivity index (χ0n) is 10.1. The smallest absolute Gasteiger partial charge is 0.142 e. The third-order valence-corrected chi connectivity index (χ3v) is 3.11. The molecular formula is C13H20N2O. The van der Waals surface area contributed by atoms with Crippen molar-refractivity contribution in [1.29, 1.82) is 0 Å². The first kappa shape index (κ1) is 11.3. The van der Waals surface area contributed by atoms with Crippen LogP contribution in [-0.2, 0) is 0 Å². The summed E-state index contributed by atoms with van der Waals surface area (Å²) in [4.78, 5) is 2.40. The van der Waals surface area contributed by atoms with Crippen molar-refractivity contribution in [3.63, 3.8) is 0 Å². The second kappa shape index (κ2) is 5.21. The summed E-state index contributed by atoms with van der Waals surface area (Å²) < 4.78 is 5.39. The molecule has 1 aliphatic heterocycles. The molecule has 0 bridgehead atoms. The molecule has 0 aliphatic carbocycles. The summed E-state index contributed by atoms with van der Waals surface area (Å²) in [7, 11) is 1.73. The van der Waals surface area contributed by atoms with Gasteiger partial charge in [0.05, 0.1) is 12.8 Å². The van der Waals surface area contributed by atoms with Crippen molar-refractivity contribution in [3.05, 3.63) is 24.3 Å². The SMILES string of the molecule is CCNC1CCN(c2ccccc2OC)C1. The summed E-state index contributed by atoms with van der Waals surface area (Å²) in [6.07, 6.45) is 1.21. The van der Waals surface area contributed by atoms with Gasteiger partial charge in [0, 0.05) is 19.1 Å². The minimum atomic E-state index is 0.620. The fourth-order valence-corrected chi connectivity index (χ4v) is 2.33. The molecule has 0 saturated carbocycles. The molecule has 1 aliphatic rings. The summed E-state index contributed by atoms with van der Waals surface area (Å²) in [6, 6.07) is 8.86. The number of nitrogens with one attached hydrogen (secondary N) is 1. The zero-order valence-corrected chi connectivity index (χ0v) is 10.1. The van der Waals surface area contributed by atoms with Crippen molar-refractivity contribution >= 4 is 5.69 Å². The maximum atomic E-state index is 5.39. The monoisotopic (exact) mass is 220 g/mol. The summed E-state index contributed by atoms with van der Waals surface area (Å²) >= 11 is 0. The Balaban J connectivity index is 2.08. The van der Waals surface area contributed by atoms with Crippen LogP contribution in [0.4, 0.5) is 5.69 Å². The Hall–Kier alpha value is -1.22. The molecule has 3 heteroatoms. The minimum Gasteiger partial charge on any atom is -0.495 e. The standard InChI is InChI=1S/C13H20N2O/c1-3-14-11-8-9-15(10-11)12-6-4-5-7-13(12)16-2/h4-7,11,14H,3,8-10H2,1-2H3. The normalized spacial score (nSPS) is 20.1. The van der Waals surface area contributed by atoms with Crippen LogP contribution in [-0.4, -0.2) is 32.8 Å². The van der Waals surface area contributed by atoms with Gasteiger partial charge in [0.15, 0.2) is 0 Å². The van der Waals surface area contributed by atoms with Crippen LogP contribution in [0.2, 0.25) is 0 Å². The van der Waals surface area contributed by atoms with Crippen molar-refractivity contribution < 1.29 is 4.74 Å². The highest BCUT2D eigenvalue weighted by Crippen LogP contribution is 2.30. The van der Waals surface area contributed by atoms with Crippen LogP contribution in [0.15, 0.2) is 24.3 Å². The third-order valence-electron chi connectivity index (χ3n) is 3.11. The second-order valence-corrected chi connectivity index (χ2v) is 4.16. The summed E-state index contributed by atoms with van der Waals surface area (Å²) in [5, 5.41) is 3.50. The Morgan fingerprint density at radius 3 is 3.00 bits per heavy atom. The van der Waals surface area contributed by atoms with Gasteiger partial charge in [-0.15, -0.1) is 0 Å². The maximum Gasteiger partial charge on any atom is 0.142 e. The van der Waals surface area contributed by atoms with Gasteiger partial charge >= 0.3 is 0 Å². The van der Waals surface area contributed by atoms with E-state index in [1.807, 2.05) is 12.1 Å². The van der Waals surface area contributed by atoms with E-state index in [0.29, 0.717) is 6.04 Å². The predicted octanol–water partition coefficient (Wildman–Crippen LogP) is 1.88. The van der Waals surface area contributed by atoms with Crippen LogP contribution in [0.25, 0.3) is 0 Å². The highest BCUT2D eigenvalue weighted by atomic mass is 16.5. The number of likely N-dealkylation sites (N-methyl/N-ethyl adjacent to an activating group) is 1. The molecule has 1 fully saturated rings. The Bertz CT molecular complexity index is 340. The van der Waals surface area contributed by atoms with E-state index in [9.17, 15) is 0 Å². The number of hydrogen-bond donors (Lipinski definition) is 1. The Morgan fingerprint density at radius 1 is 1.44 bits per heavy atom. The minimum absolute atomic E-state index is 0.620. The van der Waals surface area contributed by atoms with Crippen molar-refractivity contribution in [3.8, 4) is 5.75 Å². The molecule has 1 aromatic rings. The molecule has 16 heavy (non-hydrogen) atoms. The van der Waals surface area contributed by atoms with Gasteiger partial charge in [0.25, 0.3) is 0 Å². The van der Waals surface area contributed by atoms with Crippen molar-refractivity contribution in [2.24, 2.45) is 0 Å². The predicted molar refractivity (Wildman–Crippen MR) is 67.3 cm³/mol. The van der Waals surface area contributed by atoms with Crippen LogP contribution in [0.3, 0.4) is 0 Å². The number of methoxy groups -OCH3 is 1. The molecule has 1 saturated heterocycles. The molecule has 1 heterocycles. The number of hydrogen-bond acceptors (Lipinski definition) is 3. The first-order valence-corrected chi connectivity index (χ1v) is 5.96. The van der Waals surface area contributed by atoms with E-state index >= 15 is 0 Å². The number of anilines is 1. The van der Waals surface area contributed by atoms with Crippen LogP contribution < -0.4 is 15.0 Å². The lowest BCUT2D eigenvalue weighted by Gasteiger charge is -2.21. The maximum absolute atomic E-state index is 5.39. The van der Waals surface area contributed by atoms with Gasteiger partial charge in [-0.3, -0.25) is 0 Å². The Morgan fingerprint density at radius 2 is 2.25 bits per heavy atom. The Labute approximate surface area is 97.4 Å². The quantitative estimate of drug-likeness (QED) is 0.838. The number of nitrogens with zero attached hydrogens (tertiary/aromatic N) is 1. The first-order chi connectivity index (χ1) is 7.85. The first-order valence-electron chi connectivity index (χ1n) is 5.96. The summed E-state index contributed by atoms with van der Waals surface area (Å²) in [6.45, 7) is 5.39. The van der Waals surface area contributed by atoms with Crippen LogP contribution in [0.1, 0.15) is 13.3 Å². The highest BCUT2D eigenvalue weighted by Gasteiger charge is 2.23. The molecule has 0 amide bonds. The van der Waals surface area contributed by atoms with Gasteiger partial charge in [-0.1, -0.05) is 19.1 Å². The van der Waals surface area contributed by atoms with Gasteiger partial charge in [0.2, 0.25) is 0 Å². The summed E-state index contributed by atoms with van der Waals surface area (Å²) in [5.41, 5.74) is 1.21. The van der Waals surface area contributed by atoms with E-state index < -0.39 is 0 Å². The van der Waals surface area contributed by atoms with Crippen LogP contribution in [0, 0.1) is 0 Å². The van der Waals surface area contributed by atoms with Crippen molar-refractivity contribution in [2.45, 2.75) is 19.4 Å². The van der Waals surface area contributed by atoms with E-state index in [0.717, 1.165) is 25.4 Å². The van der Waals surface area contributed by atoms with Gasteiger partial charge in [-0.25, -0.2) is 0 Å². The topological polar surface area (TPSA) is 24.5 Å². The van der Waals surface area contributed by atoms with Crippen molar-refractivity contribution in [1.82, 2.24) is 5.32 Å². The highest BCUT2D eigenvalue weighted by molar-refractivity contribution is 5.59. The third kappa shape index (κ3) is 2.30. The molecule has 1 atom stereocenters. The molecule has 88 valence electrons. The molecule has 3 nitrogen and oxygen atoms in total. The molecule has 1 aromatic carbocycles. The summed E-state index contributed by atoms with van der Waals surface area (Å²) in [5.74, 6) is 0.972.